The number of rotatable bonds is 11. The fraction of sp³-hybridized carbons (Fsp3) is 0.391. The van der Waals surface area contributed by atoms with Crippen LogP contribution in [0.15, 0.2) is 41.5 Å². The maximum absolute atomic E-state index is 12.7. The summed E-state index contributed by atoms with van der Waals surface area (Å²) in [5.74, 6) is 1.88. The van der Waals surface area contributed by atoms with Gasteiger partial charge in [0.2, 0.25) is 5.75 Å². The van der Waals surface area contributed by atoms with Crippen molar-refractivity contribution >= 4 is 11.6 Å². The highest BCUT2D eigenvalue weighted by Crippen LogP contribution is 2.39. The van der Waals surface area contributed by atoms with Crippen LogP contribution >= 0.6 is 0 Å². The molecule has 0 aliphatic carbocycles. The molecule has 0 bridgehead atoms. The number of nitrogens with one attached hydrogen (secondary N) is 1. The van der Waals surface area contributed by atoms with E-state index < -0.39 is 0 Å². The summed E-state index contributed by atoms with van der Waals surface area (Å²) in [5.41, 5.74) is 4.83. The van der Waals surface area contributed by atoms with Gasteiger partial charge in [-0.2, -0.15) is 5.10 Å². The Morgan fingerprint density at radius 1 is 0.933 bits per heavy atom. The molecular formula is C23H30N2O5. The van der Waals surface area contributed by atoms with Crippen molar-refractivity contribution in [3.8, 4) is 23.0 Å². The summed E-state index contributed by atoms with van der Waals surface area (Å²) in [6.07, 6.45) is 0.613. The number of hydrogen-bond acceptors (Lipinski definition) is 6. The van der Waals surface area contributed by atoms with Gasteiger partial charge in [-0.15, -0.1) is 0 Å². The summed E-state index contributed by atoms with van der Waals surface area (Å²) in [7, 11) is 1.63. The van der Waals surface area contributed by atoms with Gasteiger partial charge < -0.3 is 18.9 Å². The van der Waals surface area contributed by atoms with Crippen LogP contribution in [0.3, 0.4) is 0 Å². The van der Waals surface area contributed by atoms with Crippen LogP contribution in [0.2, 0.25) is 0 Å². The zero-order valence-corrected chi connectivity index (χ0v) is 18.3. The third-order valence-corrected chi connectivity index (χ3v) is 4.14. The SMILES string of the molecule is CCOc1cc(C(=O)N/N=C(/C)Cc2ccc(OC)cc2)cc(OCC)c1OCC. The normalized spacial score (nSPS) is 11.0. The summed E-state index contributed by atoms with van der Waals surface area (Å²) in [6, 6.07) is 11.0. The van der Waals surface area contributed by atoms with E-state index in [0.717, 1.165) is 17.0 Å². The molecule has 162 valence electrons. The monoisotopic (exact) mass is 414 g/mol. The first-order chi connectivity index (χ1) is 14.5. The quantitative estimate of drug-likeness (QED) is 0.440. The van der Waals surface area contributed by atoms with Gasteiger partial charge in [0.1, 0.15) is 5.75 Å². The molecule has 0 atom stereocenters. The summed E-state index contributed by atoms with van der Waals surface area (Å²) in [6.45, 7) is 8.82. The number of carbonyl (C=O) groups is 1. The molecule has 0 aliphatic heterocycles. The van der Waals surface area contributed by atoms with Crippen molar-refractivity contribution in [1.29, 1.82) is 0 Å². The van der Waals surface area contributed by atoms with E-state index in [0.29, 0.717) is 49.1 Å². The Kier molecular flexibility index (Phi) is 9.00. The number of nitrogens with zero attached hydrogens (tertiary/aromatic N) is 1. The minimum atomic E-state index is -0.353. The van der Waals surface area contributed by atoms with Crippen molar-refractivity contribution in [2.75, 3.05) is 26.9 Å². The Morgan fingerprint density at radius 3 is 2.00 bits per heavy atom. The van der Waals surface area contributed by atoms with Gasteiger partial charge in [0, 0.05) is 17.7 Å². The average molecular weight is 415 g/mol. The number of carbonyl (C=O) groups excluding carboxylic acids is 1. The number of ether oxygens (including phenoxy) is 4. The average Bonchev–Trinajstić information content (AvgIpc) is 2.75. The third kappa shape index (κ3) is 6.40. The van der Waals surface area contributed by atoms with Gasteiger partial charge in [-0.1, -0.05) is 12.1 Å². The van der Waals surface area contributed by atoms with E-state index in [9.17, 15) is 4.79 Å². The molecule has 0 aromatic heterocycles. The van der Waals surface area contributed by atoms with Crippen LogP contribution in [-0.4, -0.2) is 38.5 Å². The smallest absolute Gasteiger partial charge is 0.271 e. The predicted octanol–water partition coefficient (Wildman–Crippen LogP) is 4.24. The number of methoxy groups -OCH3 is 1. The minimum absolute atomic E-state index is 0.353. The molecule has 0 saturated carbocycles. The lowest BCUT2D eigenvalue weighted by atomic mass is 10.1. The zero-order chi connectivity index (χ0) is 21.9. The fourth-order valence-corrected chi connectivity index (χ4v) is 2.81. The number of benzene rings is 2. The maximum Gasteiger partial charge on any atom is 0.271 e. The van der Waals surface area contributed by atoms with Crippen LogP contribution < -0.4 is 24.4 Å². The maximum atomic E-state index is 12.7. The molecule has 2 rings (SSSR count). The molecule has 30 heavy (non-hydrogen) atoms. The van der Waals surface area contributed by atoms with Gasteiger partial charge in [0.05, 0.1) is 26.9 Å². The first kappa shape index (κ1) is 23.1. The van der Waals surface area contributed by atoms with E-state index >= 15 is 0 Å². The molecule has 0 aliphatic rings. The van der Waals surface area contributed by atoms with E-state index in [4.69, 9.17) is 18.9 Å². The van der Waals surface area contributed by atoms with Crippen molar-refractivity contribution in [1.82, 2.24) is 5.43 Å². The van der Waals surface area contributed by atoms with Crippen LogP contribution in [-0.2, 0) is 6.42 Å². The van der Waals surface area contributed by atoms with Crippen LogP contribution in [0, 0.1) is 0 Å². The van der Waals surface area contributed by atoms with Crippen molar-refractivity contribution in [3.63, 3.8) is 0 Å². The van der Waals surface area contributed by atoms with Gasteiger partial charge in [-0.25, -0.2) is 5.43 Å². The van der Waals surface area contributed by atoms with Gasteiger partial charge in [0.15, 0.2) is 11.5 Å². The van der Waals surface area contributed by atoms with Crippen LogP contribution in [0.1, 0.15) is 43.6 Å². The first-order valence-electron chi connectivity index (χ1n) is 10.0. The molecular weight excluding hydrogens is 384 g/mol. The first-order valence-corrected chi connectivity index (χ1v) is 10.0. The van der Waals surface area contributed by atoms with Crippen molar-refractivity contribution in [3.05, 3.63) is 47.5 Å². The molecule has 1 amide bonds. The largest absolute Gasteiger partial charge is 0.497 e. The molecule has 0 spiro atoms. The Hall–Kier alpha value is -3.22. The molecule has 0 fully saturated rings. The molecule has 0 radical (unpaired) electrons. The summed E-state index contributed by atoms with van der Waals surface area (Å²) in [4.78, 5) is 12.7. The Bertz CT molecular complexity index is 835. The van der Waals surface area contributed by atoms with Gasteiger partial charge in [-0.3, -0.25) is 4.79 Å². The standard InChI is InChI=1S/C23H30N2O5/c1-6-28-20-14-18(15-21(29-7-2)22(20)30-8-3)23(26)25-24-16(4)13-17-9-11-19(27-5)12-10-17/h9-12,14-15H,6-8,13H2,1-5H3,(H,25,26)/b24-16-. The Labute approximate surface area is 178 Å². The fourth-order valence-electron chi connectivity index (χ4n) is 2.81. The minimum Gasteiger partial charge on any atom is -0.497 e. The van der Waals surface area contributed by atoms with E-state index in [1.807, 2.05) is 52.0 Å². The Balaban J connectivity index is 2.16. The number of hydrazone groups is 1. The Morgan fingerprint density at radius 2 is 1.50 bits per heavy atom. The number of hydrogen-bond donors (Lipinski definition) is 1. The van der Waals surface area contributed by atoms with Gasteiger partial charge >= 0.3 is 0 Å². The van der Waals surface area contributed by atoms with E-state index in [1.165, 1.54) is 0 Å². The summed E-state index contributed by atoms with van der Waals surface area (Å²) < 4.78 is 22.2. The van der Waals surface area contributed by atoms with Gasteiger partial charge in [-0.05, 0) is 57.5 Å². The number of amides is 1. The van der Waals surface area contributed by atoms with Crippen molar-refractivity contribution in [2.24, 2.45) is 5.10 Å². The second kappa shape index (κ2) is 11.7. The topological polar surface area (TPSA) is 78.4 Å². The lowest BCUT2D eigenvalue weighted by Gasteiger charge is -2.16. The predicted molar refractivity (Wildman–Crippen MR) is 117 cm³/mol. The second-order valence-electron chi connectivity index (χ2n) is 6.41. The van der Waals surface area contributed by atoms with E-state index in [-0.39, 0.29) is 5.91 Å². The second-order valence-corrected chi connectivity index (χ2v) is 6.41. The molecule has 7 heteroatoms. The molecule has 1 N–H and O–H groups in total. The summed E-state index contributed by atoms with van der Waals surface area (Å²) >= 11 is 0. The third-order valence-electron chi connectivity index (χ3n) is 4.14. The van der Waals surface area contributed by atoms with Crippen LogP contribution in [0.5, 0.6) is 23.0 Å². The lowest BCUT2D eigenvalue weighted by Crippen LogP contribution is -2.20. The highest BCUT2D eigenvalue weighted by molar-refractivity contribution is 5.96. The van der Waals surface area contributed by atoms with Crippen molar-refractivity contribution in [2.45, 2.75) is 34.1 Å². The highest BCUT2D eigenvalue weighted by atomic mass is 16.5. The van der Waals surface area contributed by atoms with E-state index in [2.05, 4.69) is 10.5 Å². The van der Waals surface area contributed by atoms with E-state index in [1.54, 1.807) is 19.2 Å². The molecule has 0 saturated heterocycles. The molecule has 0 heterocycles. The van der Waals surface area contributed by atoms with Crippen LogP contribution in [0.25, 0.3) is 0 Å². The van der Waals surface area contributed by atoms with Gasteiger partial charge in [0.25, 0.3) is 5.91 Å². The lowest BCUT2D eigenvalue weighted by molar-refractivity contribution is 0.0953. The van der Waals surface area contributed by atoms with Crippen LogP contribution in [0.4, 0.5) is 0 Å². The highest BCUT2D eigenvalue weighted by Gasteiger charge is 2.18. The molecule has 7 nitrogen and oxygen atoms in total. The zero-order valence-electron chi connectivity index (χ0n) is 18.3. The molecule has 0 unspecified atom stereocenters. The molecule has 2 aromatic rings. The molecule has 2 aromatic carbocycles. The van der Waals surface area contributed by atoms with Crippen molar-refractivity contribution < 1.29 is 23.7 Å². The summed E-state index contributed by atoms with van der Waals surface area (Å²) in [5, 5.41) is 4.22.